The zero-order valence-corrected chi connectivity index (χ0v) is 28.9. The molecular weight excluding hydrogens is 709 g/mol. The number of nitrogens with zero attached hydrogens (tertiary/aromatic N) is 2. The number of fused-ring (bicyclic) bond motifs is 3. The Labute approximate surface area is 264 Å². The van der Waals surface area contributed by atoms with Gasteiger partial charge < -0.3 is 14.4 Å². The Bertz CT molecular complexity index is 1790. The molecule has 217 valence electrons. The molecule has 0 aliphatic heterocycles. The summed E-state index contributed by atoms with van der Waals surface area (Å²) in [4.78, 5) is 9.07. The van der Waals surface area contributed by atoms with Crippen LogP contribution < -0.4 is 5.19 Å². The van der Waals surface area contributed by atoms with Crippen LogP contribution in [0.15, 0.2) is 89.6 Å². The van der Waals surface area contributed by atoms with Crippen molar-refractivity contribution in [2.45, 2.75) is 53.8 Å². The van der Waals surface area contributed by atoms with E-state index in [4.69, 9.17) is 9.40 Å². The molecule has 3 heterocycles. The molecule has 0 atom stereocenters. The molecule has 1 radical (unpaired) electrons. The van der Waals surface area contributed by atoms with Crippen LogP contribution in [-0.4, -0.2) is 18.0 Å². The normalized spacial score (nSPS) is 11.3. The predicted molar refractivity (Wildman–Crippen MR) is 175 cm³/mol. The molecule has 0 spiro atoms. The van der Waals surface area contributed by atoms with Gasteiger partial charge in [0.1, 0.15) is 5.58 Å². The van der Waals surface area contributed by atoms with Crippen LogP contribution in [-0.2, 0) is 26.5 Å². The standard InChI is InChI=1S/C25H28NOSi.C12H10N.Ir/c1-16(2)13-18-14-21(26-15-17(18)3)19-11-12-23(28(4,5)6)24-20-9-7-8-10-22(20)27-25(19)24;1-10-7-8-12(13-9-10)11-5-3-2-4-6-11;/h7-10,12,14-16H,13H2,1-6H3;2-5,7-9H,1H3;/q2*-1;. The number of aryl methyl sites for hydroxylation is 2. The van der Waals surface area contributed by atoms with Gasteiger partial charge in [0, 0.05) is 46.0 Å². The SMILES string of the molecule is Cc1ccc(-c2[c-]cccc2)nc1.Cc1cnc(-c2[c-]cc([Si](C)(C)C)c3c2oc2ccccc23)cc1CC(C)C.[Ir]. The van der Waals surface area contributed by atoms with Crippen LogP contribution in [0.3, 0.4) is 0 Å². The number of hydrogen-bond donors (Lipinski definition) is 0. The third-order valence-corrected chi connectivity index (χ3v) is 9.27. The maximum atomic E-state index is 6.38. The van der Waals surface area contributed by atoms with Gasteiger partial charge in [0.25, 0.3) is 0 Å². The van der Waals surface area contributed by atoms with Gasteiger partial charge in [-0.05, 0) is 54.8 Å². The summed E-state index contributed by atoms with van der Waals surface area (Å²) >= 11 is 0. The second kappa shape index (κ2) is 13.3. The van der Waals surface area contributed by atoms with Gasteiger partial charge in [-0.3, -0.25) is 0 Å². The maximum Gasteiger partial charge on any atom is 0.120 e. The number of furan rings is 1. The van der Waals surface area contributed by atoms with Crippen molar-refractivity contribution in [3.8, 4) is 22.5 Å². The second-order valence-electron chi connectivity index (χ2n) is 12.2. The van der Waals surface area contributed by atoms with E-state index in [2.05, 4.69) is 93.9 Å². The van der Waals surface area contributed by atoms with Gasteiger partial charge in [-0.2, -0.15) is 0 Å². The summed E-state index contributed by atoms with van der Waals surface area (Å²) in [5.41, 5.74) is 9.59. The van der Waals surface area contributed by atoms with E-state index in [1.54, 1.807) is 0 Å². The molecule has 0 saturated carbocycles. The fourth-order valence-electron chi connectivity index (χ4n) is 5.09. The van der Waals surface area contributed by atoms with E-state index in [-0.39, 0.29) is 20.1 Å². The van der Waals surface area contributed by atoms with Crippen molar-refractivity contribution in [3.05, 3.63) is 114 Å². The van der Waals surface area contributed by atoms with Gasteiger partial charge in [0.15, 0.2) is 0 Å². The molecule has 0 aliphatic rings. The van der Waals surface area contributed by atoms with E-state index in [1.165, 1.54) is 32.6 Å². The van der Waals surface area contributed by atoms with Crippen LogP contribution in [0.25, 0.3) is 44.5 Å². The molecule has 3 aromatic carbocycles. The molecule has 6 aromatic rings. The van der Waals surface area contributed by atoms with Crippen molar-refractivity contribution in [2.75, 3.05) is 0 Å². The monoisotopic (exact) mass is 747 g/mol. The Balaban J connectivity index is 0.000000243. The molecule has 3 aromatic heterocycles. The minimum absolute atomic E-state index is 0. The van der Waals surface area contributed by atoms with E-state index >= 15 is 0 Å². The van der Waals surface area contributed by atoms with Gasteiger partial charge in [0.2, 0.25) is 0 Å². The first-order valence-corrected chi connectivity index (χ1v) is 17.8. The molecule has 0 amide bonds. The number of aromatic nitrogens is 2. The van der Waals surface area contributed by atoms with Gasteiger partial charge in [-0.15, -0.1) is 53.2 Å². The van der Waals surface area contributed by atoms with Gasteiger partial charge in [-0.1, -0.05) is 86.4 Å². The molecule has 0 fully saturated rings. The summed E-state index contributed by atoms with van der Waals surface area (Å²) < 4.78 is 6.38. The molecular formula is C37H38IrN2OSi-2. The van der Waals surface area contributed by atoms with Crippen molar-refractivity contribution in [1.29, 1.82) is 0 Å². The molecule has 6 rings (SSSR count). The Morgan fingerprint density at radius 2 is 1.60 bits per heavy atom. The number of benzene rings is 3. The quantitative estimate of drug-likeness (QED) is 0.130. The minimum atomic E-state index is -1.56. The molecule has 0 unspecified atom stereocenters. The zero-order chi connectivity index (χ0) is 29.1. The smallest absolute Gasteiger partial charge is 0.120 e. The largest absolute Gasteiger partial charge is 0.501 e. The summed E-state index contributed by atoms with van der Waals surface area (Å²) in [5.74, 6) is 0.610. The van der Waals surface area contributed by atoms with Gasteiger partial charge in [0.05, 0.1) is 5.58 Å². The first-order valence-electron chi connectivity index (χ1n) is 14.3. The number of rotatable bonds is 5. The van der Waals surface area contributed by atoms with E-state index in [9.17, 15) is 0 Å². The number of pyridine rings is 2. The van der Waals surface area contributed by atoms with E-state index in [1.807, 2.05) is 55.7 Å². The summed E-state index contributed by atoms with van der Waals surface area (Å²) in [7, 11) is -1.56. The fraction of sp³-hybridized carbons (Fsp3) is 0.243. The average molecular weight is 747 g/mol. The minimum Gasteiger partial charge on any atom is -0.501 e. The molecule has 0 bridgehead atoms. The molecule has 0 N–H and O–H groups in total. The van der Waals surface area contributed by atoms with Crippen LogP contribution >= 0.6 is 0 Å². The molecule has 0 saturated heterocycles. The summed E-state index contributed by atoms with van der Waals surface area (Å²) in [6.45, 7) is 15.8. The Hall–Kier alpha value is -3.37. The van der Waals surface area contributed by atoms with Crippen LogP contribution in [0.4, 0.5) is 0 Å². The number of hydrogen-bond acceptors (Lipinski definition) is 3. The molecule has 0 aliphatic carbocycles. The second-order valence-corrected chi connectivity index (χ2v) is 17.3. The Morgan fingerprint density at radius 1 is 0.857 bits per heavy atom. The van der Waals surface area contributed by atoms with Gasteiger partial charge in [-0.25, -0.2) is 0 Å². The topological polar surface area (TPSA) is 38.9 Å². The predicted octanol–water partition coefficient (Wildman–Crippen LogP) is 9.36. The van der Waals surface area contributed by atoms with Crippen molar-refractivity contribution in [2.24, 2.45) is 5.92 Å². The van der Waals surface area contributed by atoms with E-state index in [0.29, 0.717) is 5.92 Å². The number of para-hydroxylation sites is 1. The van der Waals surface area contributed by atoms with Crippen LogP contribution in [0.1, 0.15) is 30.5 Å². The van der Waals surface area contributed by atoms with Gasteiger partial charge >= 0.3 is 0 Å². The van der Waals surface area contributed by atoms with Crippen molar-refractivity contribution >= 4 is 35.2 Å². The zero-order valence-electron chi connectivity index (χ0n) is 25.5. The summed E-state index contributed by atoms with van der Waals surface area (Å²) in [6, 6.07) is 31.4. The van der Waals surface area contributed by atoms with Crippen LogP contribution in [0.5, 0.6) is 0 Å². The third kappa shape index (κ3) is 6.98. The van der Waals surface area contributed by atoms with E-state index < -0.39 is 8.07 Å². The Morgan fingerprint density at radius 3 is 2.26 bits per heavy atom. The Kier molecular flexibility index (Phi) is 9.99. The maximum absolute atomic E-state index is 6.38. The molecule has 5 heteroatoms. The molecule has 42 heavy (non-hydrogen) atoms. The summed E-state index contributed by atoms with van der Waals surface area (Å²) in [5, 5.41) is 3.83. The molecule has 3 nitrogen and oxygen atoms in total. The van der Waals surface area contributed by atoms with Crippen LogP contribution in [0, 0.1) is 31.9 Å². The first-order chi connectivity index (χ1) is 19.6. The third-order valence-electron chi connectivity index (χ3n) is 7.26. The fourth-order valence-corrected chi connectivity index (χ4v) is 6.60. The van der Waals surface area contributed by atoms with E-state index in [0.717, 1.165) is 40.1 Å². The van der Waals surface area contributed by atoms with Crippen molar-refractivity contribution in [3.63, 3.8) is 0 Å². The van der Waals surface area contributed by atoms with Crippen LogP contribution in [0.2, 0.25) is 19.6 Å². The summed E-state index contributed by atoms with van der Waals surface area (Å²) in [6.07, 6.45) is 4.91. The van der Waals surface area contributed by atoms with Crippen molar-refractivity contribution < 1.29 is 24.5 Å². The average Bonchev–Trinajstić information content (AvgIpc) is 3.34. The first kappa shape index (κ1) is 31.6. The van der Waals surface area contributed by atoms with Crippen molar-refractivity contribution in [1.82, 2.24) is 9.97 Å².